The van der Waals surface area contributed by atoms with Crippen LogP contribution in [0.25, 0.3) is 11.1 Å². The molecule has 8 nitrogen and oxygen atoms in total. The normalized spacial score (nSPS) is 15.9. The second-order valence-corrected chi connectivity index (χ2v) is 8.40. The highest BCUT2D eigenvalue weighted by Crippen LogP contribution is 2.44. The van der Waals surface area contributed by atoms with Crippen molar-refractivity contribution in [2.45, 2.75) is 31.2 Å². The lowest BCUT2D eigenvalue weighted by atomic mass is 9.98. The first-order valence-corrected chi connectivity index (χ1v) is 11.0. The molecule has 1 aromatic heterocycles. The minimum atomic E-state index is -3.01. The molecular formula is C24H22F2N4O4. The van der Waals surface area contributed by atoms with Gasteiger partial charge in [-0.3, -0.25) is 0 Å². The quantitative estimate of drug-likeness (QED) is 0.592. The number of hydrogen-bond donors (Lipinski definition) is 1. The zero-order chi connectivity index (χ0) is 23.8. The lowest BCUT2D eigenvalue weighted by Gasteiger charge is -2.32. The van der Waals surface area contributed by atoms with E-state index in [1.807, 2.05) is 36.4 Å². The van der Waals surface area contributed by atoms with Gasteiger partial charge in [-0.1, -0.05) is 53.7 Å². The highest BCUT2D eigenvalue weighted by molar-refractivity contribution is 5.86. The van der Waals surface area contributed by atoms with Crippen molar-refractivity contribution in [3.8, 4) is 11.1 Å². The molecule has 0 spiro atoms. The van der Waals surface area contributed by atoms with E-state index < -0.39 is 35.9 Å². The average molecular weight is 468 g/mol. The first kappa shape index (κ1) is 22.0. The number of likely N-dealkylation sites (tertiary alicyclic amines) is 1. The number of carboxylic acids is 1. The van der Waals surface area contributed by atoms with Crippen LogP contribution in [0.3, 0.4) is 0 Å². The van der Waals surface area contributed by atoms with Gasteiger partial charge in [0.2, 0.25) is 0 Å². The molecule has 176 valence electrons. The van der Waals surface area contributed by atoms with E-state index in [0.717, 1.165) is 26.9 Å². The van der Waals surface area contributed by atoms with Crippen LogP contribution >= 0.6 is 0 Å². The number of nitrogens with zero attached hydrogens (tertiary/aromatic N) is 4. The number of aromatic carboxylic acids is 1. The first-order valence-electron chi connectivity index (χ1n) is 11.0. The Balaban J connectivity index is 1.23. The summed E-state index contributed by atoms with van der Waals surface area (Å²) >= 11 is 0. The molecule has 34 heavy (non-hydrogen) atoms. The molecule has 5 rings (SSSR count). The molecule has 1 N–H and O–H groups in total. The number of piperidine rings is 1. The maximum atomic E-state index is 13.5. The van der Waals surface area contributed by atoms with Crippen LogP contribution < -0.4 is 0 Å². The molecule has 0 radical (unpaired) electrons. The molecule has 1 saturated heterocycles. The Morgan fingerprint density at radius 1 is 1.03 bits per heavy atom. The molecular weight excluding hydrogens is 446 g/mol. The van der Waals surface area contributed by atoms with E-state index in [2.05, 4.69) is 22.4 Å². The van der Waals surface area contributed by atoms with Crippen LogP contribution in [0.2, 0.25) is 0 Å². The Morgan fingerprint density at radius 2 is 1.62 bits per heavy atom. The maximum Gasteiger partial charge on any atom is 0.409 e. The number of halogens is 2. The van der Waals surface area contributed by atoms with Gasteiger partial charge in [0.15, 0.2) is 5.69 Å². The molecule has 3 aromatic rings. The predicted molar refractivity (Wildman–Crippen MR) is 117 cm³/mol. The number of ether oxygens (including phenoxy) is 1. The summed E-state index contributed by atoms with van der Waals surface area (Å²) in [5, 5.41) is 16.2. The number of benzene rings is 2. The third kappa shape index (κ3) is 3.78. The highest BCUT2D eigenvalue weighted by atomic mass is 19.3. The molecule has 0 unspecified atom stereocenters. The topological polar surface area (TPSA) is 97.5 Å². The van der Waals surface area contributed by atoms with Crippen LogP contribution in [-0.4, -0.2) is 56.8 Å². The Kier molecular flexibility index (Phi) is 5.72. The third-order valence-electron chi connectivity index (χ3n) is 6.54. The van der Waals surface area contributed by atoms with Crippen molar-refractivity contribution >= 4 is 12.1 Å². The molecule has 1 fully saturated rings. The average Bonchev–Trinajstić information content (AvgIpc) is 3.43. The van der Waals surface area contributed by atoms with Crippen molar-refractivity contribution in [2.75, 3.05) is 19.7 Å². The third-order valence-corrected chi connectivity index (χ3v) is 6.54. The fourth-order valence-electron chi connectivity index (χ4n) is 4.90. The lowest BCUT2D eigenvalue weighted by molar-refractivity contribution is 0.0673. The van der Waals surface area contributed by atoms with E-state index in [1.165, 1.54) is 0 Å². The van der Waals surface area contributed by atoms with Gasteiger partial charge in [0, 0.05) is 19.0 Å². The molecule has 10 heteroatoms. The van der Waals surface area contributed by atoms with Crippen LogP contribution in [0.1, 0.15) is 58.5 Å². The van der Waals surface area contributed by atoms with E-state index >= 15 is 0 Å². The summed E-state index contributed by atoms with van der Waals surface area (Å²) < 4.78 is 33.6. The highest BCUT2D eigenvalue weighted by Gasteiger charge is 2.34. The zero-order valence-corrected chi connectivity index (χ0v) is 18.1. The van der Waals surface area contributed by atoms with Gasteiger partial charge in [-0.15, -0.1) is 5.10 Å². The van der Waals surface area contributed by atoms with E-state index in [1.54, 1.807) is 4.90 Å². The van der Waals surface area contributed by atoms with Crippen LogP contribution in [-0.2, 0) is 4.74 Å². The second kappa shape index (κ2) is 8.85. The Morgan fingerprint density at radius 3 is 2.18 bits per heavy atom. The predicted octanol–water partition coefficient (Wildman–Crippen LogP) is 4.50. The molecule has 2 heterocycles. The van der Waals surface area contributed by atoms with Crippen molar-refractivity contribution in [1.29, 1.82) is 0 Å². The molecule has 0 atom stereocenters. The standard InChI is InChI=1S/C24H22F2N4O4/c25-22(26)21-20(23(31)32)27-28-30(21)14-9-11-29(12-10-14)24(33)34-13-19-17-7-3-1-5-15(17)16-6-2-4-8-18(16)19/h1-8,14,19,22H,9-13H2,(H,31,32). The number of hydrogen-bond acceptors (Lipinski definition) is 5. The lowest BCUT2D eigenvalue weighted by Crippen LogP contribution is -2.40. The molecule has 2 aliphatic rings. The van der Waals surface area contributed by atoms with Gasteiger partial charge < -0.3 is 14.7 Å². The summed E-state index contributed by atoms with van der Waals surface area (Å²) in [7, 11) is 0. The Labute approximate surface area is 193 Å². The second-order valence-electron chi connectivity index (χ2n) is 8.40. The minimum absolute atomic E-state index is 0.0490. The summed E-state index contributed by atoms with van der Waals surface area (Å²) in [6, 6.07) is 15.7. The van der Waals surface area contributed by atoms with Gasteiger partial charge in [0.25, 0.3) is 6.43 Å². The van der Waals surface area contributed by atoms with Crippen LogP contribution in [0.15, 0.2) is 48.5 Å². The number of fused-ring (bicyclic) bond motifs is 3. The molecule has 2 aromatic carbocycles. The van der Waals surface area contributed by atoms with Crippen molar-refractivity contribution in [1.82, 2.24) is 19.9 Å². The minimum Gasteiger partial charge on any atom is -0.476 e. The number of alkyl halides is 2. The summed E-state index contributed by atoms with van der Waals surface area (Å²) in [5.41, 5.74) is 3.08. The fraction of sp³-hybridized carbons (Fsp3) is 0.333. The number of carbonyl (C=O) groups is 2. The molecule has 1 aliphatic heterocycles. The van der Waals surface area contributed by atoms with Gasteiger partial charge in [0.05, 0.1) is 6.04 Å². The SMILES string of the molecule is O=C(O)c1nnn(C2CCN(C(=O)OCC3c4ccccc4-c4ccccc43)CC2)c1C(F)F. The smallest absolute Gasteiger partial charge is 0.409 e. The Hall–Kier alpha value is -3.82. The maximum absolute atomic E-state index is 13.5. The fourth-order valence-corrected chi connectivity index (χ4v) is 4.90. The van der Waals surface area contributed by atoms with Crippen molar-refractivity contribution in [2.24, 2.45) is 0 Å². The van der Waals surface area contributed by atoms with Gasteiger partial charge in [-0.2, -0.15) is 0 Å². The van der Waals surface area contributed by atoms with Crippen LogP contribution in [0, 0.1) is 0 Å². The van der Waals surface area contributed by atoms with Crippen molar-refractivity contribution < 1.29 is 28.2 Å². The first-order chi connectivity index (χ1) is 16.5. The van der Waals surface area contributed by atoms with Crippen molar-refractivity contribution in [3.63, 3.8) is 0 Å². The van der Waals surface area contributed by atoms with E-state index in [0.29, 0.717) is 12.8 Å². The van der Waals surface area contributed by atoms with Crippen molar-refractivity contribution in [3.05, 3.63) is 71.0 Å². The van der Waals surface area contributed by atoms with Crippen LogP contribution in [0.4, 0.5) is 13.6 Å². The number of aromatic nitrogens is 3. The van der Waals surface area contributed by atoms with Gasteiger partial charge in [-0.05, 0) is 35.1 Å². The van der Waals surface area contributed by atoms with Gasteiger partial charge in [-0.25, -0.2) is 23.1 Å². The summed E-state index contributed by atoms with van der Waals surface area (Å²) in [6.45, 7) is 0.770. The van der Waals surface area contributed by atoms with E-state index in [9.17, 15) is 18.4 Å². The van der Waals surface area contributed by atoms with E-state index in [-0.39, 0.29) is 25.6 Å². The summed E-state index contributed by atoms with van der Waals surface area (Å²) in [4.78, 5) is 25.5. The number of carboxylic acid groups (broad SMARTS) is 1. The zero-order valence-electron chi connectivity index (χ0n) is 18.1. The molecule has 1 aliphatic carbocycles. The number of rotatable bonds is 5. The molecule has 1 amide bonds. The summed E-state index contributed by atoms with van der Waals surface area (Å²) in [5.74, 6) is -1.59. The van der Waals surface area contributed by atoms with Crippen LogP contribution in [0.5, 0.6) is 0 Å². The number of amides is 1. The Bertz CT molecular complexity index is 1190. The van der Waals surface area contributed by atoms with Gasteiger partial charge in [0.1, 0.15) is 12.3 Å². The largest absolute Gasteiger partial charge is 0.476 e. The summed E-state index contributed by atoms with van der Waals surface area (Å²) in [6.07, 6.45) is -2.79. The molecule has 0 bridgehead atoms. The van der Waals surface area contributed by atoms with Gasteiger partial charge >= 0.3 is 12.1 Å². The van der Waals surface area contributed by atoms with E-state index in [4.69, 9.17) is 9.84 Å². The molecule has 0 saturated carbocycles. The monoisotopic (exact) mass is 468 g/mol. The number of carbonyl (C=O) groups excluding carboxylic acids is 1.